The van der Waals surface area contributed by atoms with Crippen LogP contribution in [0, 0.1) is 0 Å². The molecule has 0 radical (unpaired) electrons. The molecule has 2 atom stereocenters. The van der Waals surface area contributed by atoms with Crippen molar-refractivity contribution in [3.05, 3.63) is 53.6 Å². The van der Waals surface area contributed by atoms with Crippen LogP contribution in [0.5, 0.6) is 0 Å². The van der Waals surface area contributed by atoms with E-state index in [0.29, 0.717) is 6.54 Å². The van der Waals surface area contributed by atoms with Crippen molar-refractivity contribution in [2.24, 2.45) is 5.73 Å². The fraction of sp³-hybridized carbons (Fsp3) is 0.300. The molecule has 25 heavy (non-hydrogen) atoms. The Balaban J connectivity index is 1.92. The van der Waals surface area contributed by atoms with Crippen molar-refractivity contribution in [1.29, 1.82) is 0 Å². The Kier molecular flexibility index (Phi) is 3.81. The van der Waals surface area contributed by atoms with Crippen LogP contribution in [0.3, 0.4) is 0 Å². The molecular formula is C20H21N3O2. The minimum Gasteiger partial charge on any atom is -0.339 e. The maximum atomic E-state index is 13.3. The number of carbonyl (C=O) groups is 2. The highest BCUT2D eigenvalue weighted by Gasteiger charge is 2.37. The first-order chi connectivity index (χ1) is 12.1. The van der Waals surface area contributed by atoms with Gasteiger partial charge < -0.3 is 16.0 Å². The van der Waals surface area contributed by atoms with Crippen molar-refractivity contribution in [1.82, 2.24) is 5.32 Å². The molecule has 4 rings (SSSR count). The molecule has 0 saturated carbocycles. The summed E-state index contributed by atoms with van der Waals surface area (Å²) in [7, 11) is 0. The minimum absolute atomic E-state index is 0.0904. The van der Waals surface area contributed by atoms with Crippen LogP contribution >= 0.6 is 0 Å². The maximum Gasteiger partial charge on any atom is 0.254 e. The summed E-state index contributed by atoms with van der Waals surface area (Å²) in [5, 5.41) is 2.85. The van der Waals surface area contributed by atoms with Gasteiger partial charge in [-0.2, -0.15) is 0 Å². The Bertz CT molecular complexity index is 860. The Morgan fingerprint density at radius 3 is 2.76 bits per heavy atom. The van der Waals surface area contributed by atoms with Crippen LogP contribution < -0.4 is 16.0 Å². The number of benzene rings is 2. The van der Waals surface area contributed by atoms with E-state index in [1.807, 2.05) is 35.2 Å². The third-order valence-corrected chi connectivity index (χ3v) is 4.99. The standard InChI is InChI=1S/C20H21N3O2/c1-12(21)19(24)22-17-15-9-3-2-8-14(15)16-10-4-6-13-7-5-11-23(18(13)16)20(17)25/h2-4,6,8-10,12,17H,5,7,11,21H2,1H3,(H,22,24)/t12-,17?/m0/s1. The van der Waals surface area contributed by atoms with Gasteiger partial charge in [0, 0.05) is 12.1 Å². The fourth-order valence-electron chi connectivity index (χ4n) is 3.79. The summed E-state index contributed by atoms with van der Waals surface area (Å²) >= 11 is 0. The van der Waals surface area contributed by atoms with Crippen molar-refractivity contribution in [3.8, 4) is 11.1 Å². The second-order valence-corrected chi connectivity index (χ2v) is 6.72. The van der Waals surface area contributed by atoms with Crippen molar-refractivity contribution in [2.75, 3.05) is 11.4 Å². The fourth-order valence-corrected chi connectivity index (χ4v) is 3.79. The van der Waals surface area contributed by atoms with Gasteiger partial charge in [-0.3, -0.25) is 9.59 Å². The lowest BCUT2D eigenvalue weighted by atomic mass is 9.92. The van der Waals surface area contributed by atoms with Gasteiger partial charge in [-0.15, -0.1) is 0 Å². The highest BCUT2D eigenvalue weighted by atomic mass is 16.2. The van der Waals surface area contributed by atoms with Crippen LogP contribution in [0.15, 0.2) is 42.5 Å². The second kappa shape index (κ2) is 6.01. The van der Waals surface area contributed by atoms with Gasteiger partial charge in [-0.1, -0.05) is 42.5 Å². The average molecular weight is 335 g/mol. The summed E-state index contributed by atoms with van der Waals surface area (Å²) in [6.45, 7) is 2.29. The largest absolute Gasteiger partial charge is 0.339 e. The van der Waals surface area contributed by atoms with Crippen LogP contribution in [-0.4, -0.2) is 24.4 Å². The molecule has 2 aliphatic heterocycles. The number of amides is 2. The number of fused-ring (bicyclic) bond motifs is 2. The lowest BCUT2D eigenvalue weighted by molar-refractivity contribution is -0.128. The lowest BCUT2D eigenvalue weighted by Crippen LogP contribution is -2.47. The Morgan fingerprint density at radius 2 is 1.96 bits per heavy atom. The number of carbonyl (C=O) groups excluding carboxylic acids is 2. The van der Waals surface area contributed by atoms with Gasteiger partial charge in [0.05, 0.1) is 11.7 Å². The Hall–Kier alpha value is -2.66. The summed E-state index contributed by atoms with van der Waals surface area (Å²) in [5.74, 6) is -0.413. The zero-order valence-electron chi connectivity index (χ0n) is 14.2. The molecule has 5 nitrogen and oxygen atoms in total. The molecule has 0 aromatic heterocycles. The van der Waals surface area contributed by atoms with E-state index in [2.05, 4.69) is 17.4 Å². The first kappa shape index (κ1) is 15.8. The van der Waals surface area contributed by atoms with Crippen molar-refractivity contribution in [2.45, 2.75) is 31.8 Å². The number of hydrogen-bond donors (Lipinski definition) is 2. The minimum atomic E-state index is -0.715. The van der Waals surface area contributed by atoms with Crippen LogP contribution in [0.2, 0.25) is 0 Å². The molecule has 2 heterocycles. The topological polar surface area (TPSA) is 75.4 Å². The molecule has 0 aliphatic carbocycles. The van der Waals surface area contributed by atoms with Gasteiger partial charge in [0.25, 0.3) is 5.91 Å². The number of nitrogens with one attached hydrogen (secondary N) is 1. The molecule has 128 valence electrons. The first-order valence-electron chi connectivity index (χ1n) is 8.66. The van der Waals surface area contributed by atoms with E-state index in [0.717, 1.165) is 35.2 Å². The van der Waals surface area contributed by atoms with E-state index in [1.54, 1.807) is 6.92 Å². The Labute approximate surface area is 146 Å². The number of nitrogens with zero attached hydrogens (tertiary/aromatic N) is 1. The molecular weight excluding hydrogens is 314 g/mol. The van der Waals surface area contributed by atoms with Crippen molar-refractivity contribution in [3.63, 3.8) is 0 Å². The van der Waals surface area contributed by atoms with E-state index < -0.39 is 12.1 Å². The smallest absolute Gasteiger partial charge is 0.254 e. The van der Waals surface area contributed by atoms with Crippen molar-refractivity contribution < 1.29 is 9.59 Å². The molecule has 1 unspecified atom stereocenters. The number of nitrogens with two attached hydrogens (primary N) is 1. The highest BCUT2D eigenvalue weighted by molar-refractivity contribution is 6.07. The molecule has 2 aliphatic rings. The second-order valence-electron chi connectivity index (χ2n) is 6.72. The molecule has 0 spiro atoms. The van der Waals surface area contributed by atoms with E-state index in [9.17, 15) is 9.59 Å². The first-order valence-corrected chi connectivity index (χ1v) is 8.66. The van der Waals surface area contributed by atoms with E-state index in [1.165, 1.54) is 5.56 Å². The van der Waals surface area contributed by atoms with Gasteiger partial charge in [-0.05, 0) is 36.5 Å². The van der Waals surface area contributed by atoms with Crippen LogP contribution in [-0.2, 0) is 16.0 Å². The van der Waals surface area contributed by atoms with E-state index >= 15 is 0 Å². The number of aryl methyl sites for hydroxylation is 1. The SMILES string of the molecule is C[C@H](N)C(=O)NC1C(=O)N2CCCc3cccc(c32)-c2ccccc21. The molecule has 0 fully saturated rings. The number of rotatable bonds is 2. The van der Waals surface area contributed by atoms with Crippen LogP contribution in [0.1, 0.15) is 30.5 Å². The molecule has 0 saturated heterocycles. The zero-order valence-corrected chi connectivity index (χ0v) is 14.2. The van der Waals surface area contributed by atoms with Crippen LogP contribution in [0.25, 0.3) is 11.1 Å². The molecule has 3 N–H and O–H groups in total. The van der Waals surface area contributed by atoms with Gasteiger partial charge in [0.1, 0.15) is 6.04 Å². The maximum absolute atomic E-state index is 13.3. The Morgan fingerprint density at radius 1 is 1.20 bits per heavy atom. The third-order valence-electron chi connectivity index (χ3n) is 4.99. The predicted molar refractivity (Wildman–Crippen MR) is 97.1 cm³/mol. The quantitative estimate of drug-likeness (QED) is 0.883. The molecule has 2 aromatic carbocycles. The van der Waals surface area contributed by atoms with Crippen molar-refractivity contribution >= 4 is 17.5 Å². The molecule has 2 aromatic rings. The summed E-state index contributed by atoms with van der Waals surface area (Å²) in [5.41, 5.74) is 10.8. The zero-order chi connectivity index (χ0) is 17.6. The predicted octanol–water partition coefficient (Wildman–Crippen LogP) is 2.15. The normalized spacial score (nSPS) is 19.5. The van der Waals surface area contributed by atoms with Crippen LogP contribution in [0.4, 0.5) is 5.69 Å². The van der Waals surface area contributed by atoms with E-state index in [4.69, 9.17) is 5.73 Å². The monoisotopic (exact) mass is 335 g/mol. The molecule has 5 heteroatoms. The van der Waals surface area contributed by atoms with E-state index in [-0.39, 0.29) is 11.8 Å². The van der Waals surface area contributed by atoms with Gasteiger partial charge in [0.2, 0.25) is 5.91 Å². The number of para-hydroxylation sites is 1. The number of hydrogen-bond acceptors (Lipinski definition) is 3. The summed E-state index contributed by atoms with van der Waals surface area (Å²) < 4.78 is 0. The molecule has 2 amide bonds. The lowest BCUT2D eigenvalue weighted by Gasteiger charge is -2.32. The van der Waals surface area contributed by atoms with Gasteiger partial charge in [0.15, 0.2) is 0 Å². The van der Waals surface area contributed by atoms with Gasteiger partial charge in [-0.25, -0.2) is 0 Å². The summed E-state index contributed by atoms with van der Waals surface area (Å²) in [4.78, 5) is 27.4. The molecule has 0 bridgehead atoms. The summed E-state index contributed by atoms with van der Waals surface area (Å²) in [6, 6.07) is 12.6. The highest BCUT2D eigenvalue weighted by Crippen LogP contribution is 2.43. The summed E-state index contributed by atoms with van der Waals surface area (Å²) in [6.07, 6.45) is 1.89. The number of anilines is 1. The van der Waals surface area contributed by atoms with Gasteiger partial charge >= 0.3 is 0 Å². The average Bonchev–Trinajstić information content (AvgIpc) is 2.73. The third kappa shape index (κ3) is 2.51.